The molecule has 1 aliphatic rings. The van der Waals surface area contributed by atoms with Crippen molar-refractivity contribution in [2.45, 2.75) is 38.4 Å². The van der Waals surface area contributed by atoms with Crippen LogP contribution in [0, 0.1) is 0 Å². The first-order valence-electron chi connectivity index (χ1n) is 4.09. The van der Waals surface area contributed by atoms with Gasteiger partial charge < -0.3 is 0 Å². The van der Waals surface area contributed by atoms with Gasteiger partial charge in [0.2, 0.25) is 0 Å². The molecular weight excluding hydrogens is 169 g/mol. The molecule has 0 aromatic carbocycles. The Hall–Kier alpha value is 0.283. The molecule has 0 spiro atoms. The van der Waals surface area contributed by atoms with Crippen LogP contribution in [0.4, 0.5) is 0 Å². The minimum atomic E-state index is -0.677. The molecule has 0 saturated carbocycles. The molecule has 0 fully saturated rings. The SMILES string of the molecule is CCC[C]1=[CH][GeH]1[CH2]CC. The Morgan fingerprint density at radius 1 is 1.33 bits per heavy atom. The Labute approximate surface area is 62.4 Å². The van der Waals surface area contributed by atoms with Crippen LogP contribution in [0.1, 0.15) is 33.1 Å². The zero-order valence-electron chi connectivity index (χ0n) is 6.48. The molecule has 0 amide bonds. The van der Waals surface area contributed by atoms with Crippen LogP contribution in [0.2, 0.25) is 5.25 Å². The molecule has 9 heavy (non-hydrogen) atoms. The van der Waals surface area contributed by atoms with E-state index in [1.165, 1.54) is 19.3 Å². The minimum absolute atomic E-state index is 0.677. The standard InChI is InChI=1S/C8H16Ge/c1-3-5-8-7-9(8)6-4-2/h7,9H,3-6H2,1-2H3. The van der Waals surface area contributed by atoms with Gasteiger partial charge in [-0.2, -0.15) is 0 Å². The van der Waals surface area contributed by atoms with Crippen LogP contribution in [0.15, 0.2) is 9.31 Å². The predicted octanol–water partition coefficient (Wildman–Crippen LogP) is 2.44. The normalized spacial score (nSPS) is 23.8. The van der Waals surface area contributed by atoms with Gasteiger partial charge in [-0.25, -0.2) is 0 Å². The van der Waals surface area contributed by atoms with Gasteiger partial charge in [0, 0.05) is 0 Å². The second kappa shape index (κ2) is 3.45. The van der Waals surface area contributed by atoms with Crippen molar-refractivity contribution in [3.8, 4) is 0 Å². The number of hydrogen-bond donors (Lipinski definition) is 0. The number of rotatable bonds is 4. The second-order valence-corrected chi connectivity index (χ2v) is 8.90. The molecule has 52 valence electrons. The van der Waals surface area contributed by atoms with Crippen LogP contribution in [0.5, 0.6) is 0 Å². The third kappa shape index (κ3) is 2.17. The van der Waals surface area contributed by atoms with Crippen molar-refractivity contribution in [3.05, 3.63) is 9.31 Å². The van der Waals surface area contributed by atoms with Gasteiger partial charge >= 0.3 is 62.0 Å². The fourth-order valence-corrected chi connectivity index (χ4v) is 7.88. The molecule has 0 aromatic heterocycles. The quantitative estimate of drug-likeness (QED) is 0.589. The van der Waals surface area contributed by atoms with Crippen molar-refractivity contribution in [1.29, 1.82) is 0 Å². The molecule has 0 bridgehead atoms. The topological polar surface area (TPSA) is 0 Å². The van der Waals surface area contributed by atoms with E-state index in [9.17, 15) is 0 Å². The summed E-state index contributed by atoms with van der Waals surface area (Å²) in [7, 11) is 0. The predicted molar refractivity (Wildman–Crippen MR) is 45.2 cm³/mol. The Kier molecular flexibility index (Phi) is 2.83. The van der Waals surface area contributed by atoms with Crippen molar-refractivity contribution in [1.82, 2.24) is 0 Å². The summed E-state index contributed by atoms with van der Waals surface area (Å²) < 4.78 is 1.91. The van der Waals surface area contributed by atoms with Crippen LogP contribution in [0.3, 0.4) is 0 Å². The van der Waals surface area contributed by atoms with Crippen molar-refractivity contribution in [3.63, 3.8) is 0 Å². The summed E-state index contributed by atoms with van der Waals surface area (Å²) in [5, 5.41) is 1.59. The third-order valence-electron chi connectivity index (χ3n) is 1.92. The molecule has 0 radical (unpaired) electrons. The Morgan fingerprint density at radius 3 is 2.67 bits per heavy atom. The zero-order chi connectivity index (χ0) is 6.69. The first kappa shape index (κ1) is 7.39. The molecule has 1 aliphatic heterocycles. The summed E-state index contributed by atoms with van der Waals surface area (Å²) in [6.45, 7) is 4.59. The Morgan fingerprint density at radius 2 is 2.11 bits per heavy atom. The van der Waals surface area contributed by atoms with E-state index >= 15 is 0 Å². The number of allylic oxidation sites excluding steroid dienone is 1. The third-order valence-corrected chi connectivity index (χ3v) is 8.33. The molecule has 1 unspecified atom stereocenters. The van der Waals surface area contributed by atoms with Gasteiger partial charge in [-0.05, 0) is 0 Å². The molecule has 1 heteroatoms. The molecule has 1 atom stereocenters. The van der Waals surface area contributed by atoms with E-state index in [1.54, 1.807) is 5.25 Å². The summed E-state index contributed by atoms with van der Waals surface area (Å²) in [5.41, 5.74) is 0. The van der Waals surface area contributed by atoms with E-state index in [0.29, 0.717) is 0 Å². The van der Waals surface area contributed by atoms with Crippen molar-refractivity contribution < 1.29 is 0 Å². The van der Waals surface area contributed by atoms with Gasteiger partial charge in [-0.15, -0.1) is 0 Å². The average Bonchev–Trinajstić information content (AvgIpc) is 2.50. The zero-order valence-corrected chi connectivity index (χ0v) is 8.91. The molecule has 0 N–H and O–H groups in total. The van der Waals surface area contributed by atoms with Crippen LogP contribution in [0.25, 0.3) is 0 Å². The van der Waals surface area contributed by atoms with Crippen LogP contribution in [-0.2, 0) is 0 Å². The summed E-state index contributed by atoms with van der Waals surface area (Å²) in [6.07, 6.45) is 4.23. The second-order valence-electron chi connectivity index (χ2n) is 2.89. The van der Waals surface area contributed by atoms with Crippen LogP contribution in [-0.4, -0.2) is 14.3 Å². The van der Waals surface area contributed by atoms with Gasteiger partial charge in [0.1, 0.15) is 0 Å². The van der Waals surface area contributed by atoms with E-state index in [0.717, 1.165) is 0 Å². The van der Waals surface area contributed by atoms with Gasteiger partial charge in [-0.1, -0.05) is 0 Å². The summed E-state index contributed by atoms with van der Waals surface area (Å²) in [4.78, 5) is 2.61. The van der Waals surface area contributed by atoms with Gasteiger partial charge in [0.05, 0.1) is 0 Å². The summed E-state index contributed by atoms with van der Waals surface area (Å²) in [6, 6.07) is 0. The van der Waals surface area contributed by atoms with E-state index in [2.05, 4.69) is 18.8 Å². The van der Waals surface area contributed by atoms with Gasteiger partial charge in [-0.3, -0.25) is 0 Å². The molecule has 0 saturated heterocycles. The van der Waals surface area contributed by atoms with E-state index < -0.39 is 14.3 Å². The first-order valence-corrected chi connectivity index (χ1v) is 8.41. The van der Waals surface area contributed by atoms with Crippen molar-refractivity contribution in [2.75, 3.05) is 0 Å². The molecule has 0 nitrogen and oxygen atoms in total. The van der Waals surface area contributed by atoms with E-state index in [-0.39, 0.29) is 0 Å². The first-order chi connectivity index (χ1) is 4.38. The van der Waals surface area contributed by atoms with Crippen molar-refractivity contribution in [2.24, 2.45) is 0 Å². The fourth-order valence-electron chi connectivity index (χ4n) is 1.35. The maximum absolute atomic E-state index is 2.61. The molecular formula is C8H16Ge. The van der Waals surface area contributed by atoms with E-state index in [1.807, 2.05) is 4.41 Å². The Bertz CT molecular complexity index is 116. The fraction of sp³-hybridized carbons (Fsp3) is 0.750. The van der Waals surface area contributed by atoms with Crippen LogP contribution < -0.4 is 0 Å². The molecule has 1 heterocycles. The monoisotopic (exact) mass is 186 g/mol. The summed E-state index contributed by atoms with van der Waals surface area (Å²) in [5.74, 6) is 0. The molecule has 0 aliphatic carbocycles. The van der Waals surface area contributed by atoms with E-state index in [4.69, 9.17) is 0 Å². The Balaban J connectivity index is 2.01. The molecule has 0 aromatic rings. The number of hydrogen-bond acceptors (Lipinski definition) is 0. The average molecular weight is 185 g/mol. The molecule has 1 rings (SSSR count). The van der Waals surface area contributed by atoms with Crippen LogP contribution >= 0.6 is 0 Å². The van der Waals surface area contributed by atoms with Gasteiger partial charge in [0.15, 0.2) is 0 Å². The van der Waals surface area contributed by atoms with Gasteiger partial charge in [0.25, 0.3) is 0 Å². The van der Waals surface area contributed by atoms with Crippen molar-refractivity contribution >= 4 is 14.3 Å². The maximum atomic E-state index is 2.61. The summed E-state index contributed by atoms with van der Waals surface area (Å²) >= 11 is -0.677.